The SMILES string of the molecule is O=COCC(Cl)c1cccs1. The van der Waals surface area contributed by atoms with Gasteiger partial charge in [-0.3, -0.25) is 4.79 Å². The van der Waals surface area contributed by atoms with Crippen LogP contribution in [0.15, 0.2) is 17.5 Å². The zero-order chi connectivity index (χ0) is 8.10. The molecule has 4 heteroatoms. The van der Waals surface area contributed by atoms with Crippen molar-refractivity contribution in [3.8, 4) is 0 Å². The van der Waals surface area contributed by atoms with E-state index in [9.17, 15) is 4.79 Å². The van der Waals surface area contributed by atoms with Gasteiger partial charge >= 0.3 is 0 Å². The second kappa shape index (κ2) is 4.36. The maximum absolute atomic E-state index is 9.80. The van der Waals surface area contributed by atoms with Gasteiger partial charge < -0.3 is 4.74 Å². The van der Waals surface area contributed by atoms with Crippen molar-refractivity contribution in [3.63, 3.8) is 0 Å². The summed E-state index contributed by atoms with van der Waals surface area (Å²) in [6, 6.07) is 3.83. The van der Waals surface area contributed by atoms with E-state index >= 15 is 0 Å². The third-order valence-electron chi connectivity index (χ3n) is 1.16. The van der Waals surface area contributed by atoms with Gasteiger partial charge in [0.05, 0.1) is 0 Å². The number of ether oxygens (including phenoxy) is 1. The van der Waals surface area contributed by atoms with E-state index in [4.69, 9.17) is 11.6 Å². The summed E-state index contributed by atoms with van der Waals surface area (Å²) in [6.45, 7) is 0.647. The van der Waals surface area contributed by atoms with Crippen molar-refractivity contribution < 1.29 is 9.53 Å². The van der Waals surface area contributed by atoms with Gasteiger partial charge in [0, 0.05) is 4.88 Å². The predicted molar refractivity (Wildman–Crippen MR) is 44.9 cm³/mol. The van der Waals surface area contributed by atoms with Crippen LogP contribution in [0.25, 0.3) is 0 Å². The first-order chi connectivity index (χ1) is 5.34. The van der Waals surface area contributed by atoms with Crippen LogP contribution in [0.4, 0.5) is 0 Å². The molecule has 2 nitrogen and oxygen atoms in total. The van der Waals surface area contributed by atoms with Crippen molar-refractivity contribution in [2.45, 2.75) is 5.38 Å². The standard InChI is InChI=1S/C7H7ClO2S/c8-6(4-10-5-9)7-2-1-3-11-7/h1-3,5-6H,4H2. The molecule has 0 aliphatic carbocycles. The number of carbonyl (C=O) groups excluding carboxylic acids is 1. The van der Waals surface area contributed by atoms with Gasteiger partial charge in [-0.15, -0.1) is 22.9 Å². The van der Waals surface area contributed by atoms with E-state index in [1.54, 1.807) is 11.3 Å². The Morgan fingerprint density at radius 1 is 1.82 bits per heavy atom. The maximum Gasteiger partial charge on any atom is 0.293 e. The molecule has 0 saturated heterocycles. The molecule has 0 fully saturated rings. The highest BCUT2D eigenvalue weighted by Crippen LogP contribution is 2.24. The molecule has 1 rings (SSSR count). The van der Waals surface area contributed by atoms with Crippen molar-refractivity contribution in [2.75, 3.05) is 6.61 Å². The molecule has 1 heterocycles. The van der Waals surface area contributed by atoms with Crippen LogP contribution in [0.2, 0.25) is 0 Å². The maximum atomic E-state index is 9.80. The minimum absolute atomic E-state index is 0.208. The van der Waals surface area contributed by atoms with E-state index in [1.807, 2.05) is 17.5 Å². The average Bonchev–Trinajstić information content (AvgIpc) is 2.52. The Hall–Kier alpha value is -0.540. The van der Waals surface area contributed by atoms with Crippen LogP contribution in [-0.4, -0.2) is 13.1 Å². The minimum Gasteiger partial charge on any atom is -0.466 e. The quantitative estimate of drug-likeness (QED) is 0.538. The predicted octanol–water partition coefficient (Wildman–Crippen LogP) is 2.20. The normalized spacial score (nSPS) is 12.5. The molecule has 0 radical (unpaired) electrons. The van der Waals surface area contributed by atoms with Gasteiger partial charge in [0.25, 0.3) is 6.47 Å². The zero-order valence-electron chi connectivity index (χ0n) is 5.70. The smallest absolute Gasteiger partial charge is 0.293 e. The van der Waals surface area contributed by atoms with E-state index in [0.717, 1.165) is 4.88 Å². The molecule has 1 aromatic heterocycles. The molecule has 1 aromatic rings. The zero-order valence-corrected chi connectivity index (χ0v) is 7.27. The van der Waals surface area contributed by atoms with Gasteiger partial charge in [0.1, 0.15) is 12.0 Å². The number of halogens is 1. The van der Waals surface area contributed by atoms with Crippen LogP contribution in [0.1, 0.15) is 10.3 Å². The molecule has 11 heavy (non-hydrogen) atoms. The molecule has 0 aliphatic heterocycles. The van der Waals surface area contributed by atoms with E-state index in [1.165, 1.54) is 0 Å². The summed E-state index contributed by atoms with van der Waals surface area (Å²) in [5.41, 5.74) is 0. The van der Waals surface area contributed by atoms with Crippen LogP contribution in [0.3, 0.4) is 0 Å². The van der Waals surface area contributed by atoms with Crippen LogP contribution >= 0.6 is 22.9 Å². The summed E-state index contributed by atoms with van der Waals surface area (Å²) in [4.78, 5) is 10.8. The molecule has 60 valence electrons. The minimum atomic E-state index is -0.208. The molecule has 0 aromatic carbocycles. The molecule has 0 N–H and O–H groups in total. The van der Waals surface area contributed by atoms with Crippen LogP contribution < -0.4 is 0 Å². The summed E-state index contributed by atoms with van der Waals surface area (Å²) in [6.07, 6.45) is 0. The number of hydrogen-bond donors (Lipinski definition) is 0. The Bertz CT molecular complexity index is 210. The molecule has 0 saturated carbocycles. The molecule has 0 amide bonds. The van der Waals surface area contributed by atoms with Crippen molar-refractivity contribution in [2.24, 2.45) is 0 Å². The van der Waals surface area contributed by atoms with Gasteiger partial charge in [-0.1, -0.05) is 6.07 Å². The van der Waals surface area contributed by atoms with E-state index < -0.39 is 0 Å². The molecule has 0 aliphatic rings. The number of carbonyl (C=O) groups is 1. The Kier molecular flexibility index (Phi) is 3.39. The Balaban J connectivity index is 2.42. The van der Waals surface area contributed by atoms with Crippen LogP contribution in [0.5, 0.6) is 0 Å². The fraction of sp³-hybridized carbons (Fsp3) is 0.286. The monoisotopic (exact) mass is 190 g/mol. The first kappa shape index (κ1) is 8.56. The summed E-state index contributed by atoms with van der Waals surface area (Å²) < 4.78 is 4.51. The van der Waals surface area contributed by atoms with Crippen molar-refractivity contribution in [3.05, 3.63) is 22.4 Å². The van der Waals surface area contributed by atoms with Crippen molar-refractivity contribution in [1.82, 2.24) is 0 Å². The highest BCUT2D eigenvalue weighted by atomic mass is 35.5. The topological polar surface area (TPSA) is 26.3 Å². The van der Waals surface area contributed by atoms with Crippen LogP contribution in [-0.2, 0) is 9.53 Å². The first-order valence-electron chi connectivity index (χ1n) is 3.07. The lowest BCUT2D eigenvalue weighted by atomic mass is 10.3. The van der Waals surface area contributed by atoms with E-state index in [-0.39, 0.29) is 12.0 Å². The van der Waals surface area contributed by atoms with Crippen molar-refractivity contribution in [1.29, 1.82) is 0 Å². The van der Waals surface area contributed by atoms with E-state index in [0.29, 0.717) is 6.47 Å². The Morgan fingerprint density at radius 3 is 3.18 bits per heavy atom. The fourth-order valence-electron chi connectivity index (χ4n) is 0.675. The Morgan fingerprint density at radius 2 is 2.64 bits per heavy atom. The molecule has 1 unspecified atom stereocenters. The number of alkyl halides is 1. The summed E-state index contributed by atoms with van der Waals surface area (Å²) in [7, 11) is 0. The van der Waals surface area contributed by atoms with Gasteiger partial charge in [-0.05, 0) is 11.4 Å². The average molecular weight is 191 g/mol. The second-order valence-electron chi connectivity index (χ2n) is 1.91. The van der Waals surface area contributed by atoms with Gasteiger partial charge in [-0.25, -0.2) is 0 Å². The molecule has 0 bridgehead atoms. The van der Waals surface area contributed by atoms with Crippen LogP contribution in [0, 0.1) is 0 Å². The first-order valence-corrected chi connectivity index (χ1v) is 4.39. The molecule has 0 spiro atoms. The lowest BCUT2D eigenvalue weighted by Gasteiger charge is -2.03. The van der Waals surface area contributed by atoms with Gasteiger partial charge in [-0.2, -0.15) is 0 Å². The molecular formula is C7H7ClO2S. The van der Waals surface area contributed by atoms with Crippen molar-refractivity contribution >= 4 is 29.4 Å². The summed E-state index contributed by atoms with van der Waals surface area (Å²) >= 11 is 7.41. The fourth-order valence-corrected chi connectivity index (χ4v) is 1.66. The highest BCUT2D eigenvalue weighted by molar-refractivity contribution is 7.10. The summed E-state index contributed by atoms with van der Waals surface area (Å²) in [5.74, 6) is 0. The number of thiophene rings is 1. The lowest BCUT2D eigenvalue weighted by molar-refractivity contribution is -0.128. The van der Waals surface area contributed by atoms with Gasteiger partial charge in [0.15, 0.2) is 0 Å². The number of rotatable bonds is 4. The number of hydrogen-bond acceptors (Lipinski definition) is 3. The second-order valence-corrected chi connectivity index (χ2v) is 3.42. The molecular weight excluding hydrogens is 184 g/mol. The Labute approximate surface area is 73.7 Å². The summed E-state index contributed by atoms with van der Waals surface area (Å²) in [5, 5.41) is 1.73. The third kappa shape index (κ3) is 2.52. The van der Waals surface area contributed by atoms with Gasteiger partial charge in [0.2, 0.25) is 0 Å². The van der Waals surface area contributed by atoms with E-state index in [2.05, 4.69) is 4.74 Å². The molecule has 1 atom stereocenters. The highest BCUT2D eigenvalue weighted by Gasteiger charge is 2.07. The third-order valence-corrected chi connectivity index (χ3v) is 2.64. The largest absolute Gasteiger partial charge is 0.466 e. The lowest BCUT2D eigenvalue weighted by Crippen LogP contribution is -1.98.